The number of halogens is 1. The van der Waals surface area contributed by atoms with E-state index in [-0.39, 0.29) is 11.8 Å². The van der Waals surface area contributed by atoms with Crippen LogP contribution in [0.25, 0.3) is 0 Å². The molecule has 0 bridgehead atoms. The number of oxime groups is 1. The summed E-state index contributed by atoms with van der Waals surface area (Å²) in [5, 5.41) is 6.72. The number of hydrogen-bond donors (Lipinski definition) is 1. The van der Waals surface area contributed by atoms with Crippen LogP contribution in [0, 0.1) is 5.82 Å². The van der Waals surface area contributed by atoms with Gasteiger partial charge >= 0.3 is 6.01 Å². The van der Waals surface area contributed by atoms with Crippen molar-refractivity contribution in [1.82, 2.24) is 9.97 Å². The van der Waals surface area contributed by atoms with Gasteiger partial charge in [0.15, 0.2) is 11.6 Å². The molecule has 0 atom stereocenters. The molecular weight excluding hydrogens is 307 g/mol. The van der Waals surface area contributed by atoms with Crippen LogP contribution in [0.2, 0.25) is 0 Å². The van der Waals surface area contributed by atoms with Gasteiger partial charge in [-0.1, -0.05) is 65.8 Å². The summed E-state index contributed by atoms with van der Waals surface area (Å²) in [7, 11) is 0. The summed E-state index contributed by atoms with van der Waals surface area (Å²) in [4.78, 5) is 12.8. The zero-order valence-corrected chi connectivity index (χ0v) is 12.8. The van der Waals surface area contributed by atoms with Gasteiger partial charge in [-0.3, -0.25) is 0 Å². The van der Waals surface area contributed by atoms with E-state index >= 15 is 0 Å². The lowest BCUT2D eigenvalue weighted by Gasteiger charge is -2.07. The molecule has 1 aromatic heterocycles. The smallest absolute Gasteiger partial charge is 0.347 e. The number of hydrogen-bond acceptors (Lipinski definition) is 5. The van der Waals surface area contributed by atoms with E-state index < -0.39 is 5.82 Å². The van der Waals surface area contributed by atoms with Crippen molar-refractivity contribution in [3.05, 3.63) is 83.8 Å². The first-order valence-corrected chi connectivity index (χ1v) is 7.37. The summed E-state index contributed by atoms with van der Waals surface area (Å²) in [6, 6.07) is 19.1. The van der Waals surface area contributed by atoms with Crippen molar-refractivity contribution in [1.29, 1.82) is 0 Å². The molecule has 5 nitrogen and oxygen atoms in total. The monoisotopic (exact) mass is 322 g/mol. The molecule has 0 amide bonds. The maximum Gasteiger partial charge on any atom is 0.347 e. The minimum atomic E-state index is -0.551. The fraction of sp³-hybridized carbons (Fsp3) is 0.0556. The quantitative estimate of drug-likeness (QED) is 0.556. The van der Waals surface area contributed by atoms with E-state index in [1.54, 1.807) is 0 Å². The Morgan fingerprint density at radius 1 is 1.04 bits per heavy atom. The van der Waals surface area contributed by atoms with Crippen molar-refractivity contribution in [2.24, 2.45) is 5.16 Å². The van der Waals surface area contributed by atoms with Crippen molar-refractivity contribution in [3.63, 3.8) is 0 Å². The third-order valence-electron chi connectivity index (χ3n) is 3.16. The number of rotatable bonds is 6. The van der Waals surface area contributed by atoms with Gasteiger partial charge in [0, 0.05) is 6.54 Å². The van der Waals surface area contributed by atoms with Crippen LogP contribution in [0.5, 0.6) is 6.01 Å². The van der Waals surface area contributed by atoms with Gasteiger partial charge in [-0.15, -0.1) is 0 Å². The molecule has 1 N–H and O–H groups in total. The van der Waals surface area contributed by atoms with Crippen LogP contribution in [0.15, 0.2) is 72.0 Å². The Morgan fingerprint density at radius 3 is 2.50 bits per heavy atom. The van der Waals surface area contributed by atoms with Gasteiger partial charge in [0.2, 0.25) is 0 Å². The Kier molecular flexibility index (Phi) is 5.09. The van der Waals surface area contributed by atoms with E-state index in [9.17, 15) is 4.39 Å². The van der Waals surface area contributed by atoms with Crippen LogP contribution >= 0.6 is 0 Å². The second-order valence-corrected chi connectivity index (χ2v) is 4.92. The maximum absolute atomic E-state index is 13.8. The summed E-state index contributed by atoms with van der Waals surface area (Å²) < 4.78 is 13.8. The van der Waals surface area contributed by atoms with Crippen molar-refractivity contribution < 1.29 is 9.23 Å². The summed E-state index contributed by atoms with van der Waals surface area (Å²) >= 11 is 0. The Bertz CT molecular complexity index is 810. The van der Waals surface area contributed by atoms with Gasteiger partial charge in [0.1, 0.15) is 0 Å². The van der Waals surface area contributed by atoms with Gasteiger partial charge in [0.05, 0.1) is 12.4 Å². The summed E-state index contributed by atoms with van der Waals surface area (Å²) in [5.74, 6) is -0.482. The van der Waals surface area contributed by atoms with Gasteiger partial charge in [-0.25, -0.2) is 4.39 Å². The molecule has 120 valence electrons. The van der Waals surface area contributed by atoms with Gasteiger partial charge in [-0.05, 0) is 11.1 Å². The molecule has 0 radical (unpaired) electrons. The van der Waals surface area contributed by atoms with E-state index in [0.717, 1.165) is 17.3 Å². The average molecular weight is 322 g/mol. The lowest BCUT2D eigenvalue weighted by molar-refractivity contribution is 0.314. The minimum absolute atomic E-state index is 0.0286. The van der Waals surface area contributed by atoms with Crippen LogP contribution in [0.1, 0.15) is 11.1 Å². The number of nitrogens with zero attached hydrogens (tertiary/aromatic N) is 3. The highest BCUT2D eigenvalue weighted by atomic mass is 19.1. The second kappa shape index (κ2) is 7.82. The molecule has 6 heteroatoms. The predicted octanol–water partition coefficient (Wildman–Crippen LogP) is 3.64. The fourth-order valence-electron chi connectivity index (χ4n) is 1.97. The zero-order valence-electron chi connectivity index (χ0n) is 12.8. The van der Waals surface area contributed by atoms with Gasteiger partial charge in [-0.2, -0.15) is 9.97 Å². The van der Waals surface area contributed by atoms with Crippen LogP contribution in [0.3, 0.4) is 0 Å². The molecule has 3 rings (SSSR count). The Balaban J connectivity index is 1.64. The van der Waals surface area contributed by atoms with Crippen LogP contribution in [-0.2, 0) is 6.54 Å². The van der Waals surface area contributed by atoms with Gasteiger partial charge in [0.25, 0.3) is 0 Å². The predicted molar refractivity (Wildman–Crippen MR) is 90.4 cm³/mol. The van der Waals surface area contributed by atoms with Crippen LogP contribution in [-0.4, -0.2) is 16.2 Å². The average Bonchev–Trinajstić information content (AvgIpc) is 2.64. The Morgan fingerprint density at radius 2 is 1.75 bits per heavy atom. The standard InChI is InChI=1S/C18H15FN4O/c19-16-13-21-18(24-22-12-15-9-5-2-6-10-15)23-17(16)20-11-14-7-3-1-4-8-14/h1-10,12-13H,11H2,(H,20,21,23)/b22-12+. The number of nitrogens with one attached hydrogen (secondary N) is 1. The van der Waals surface area contributed by atoms with E-state index in [1.807, 2.05) is 60.7 Å². The van der Waals surface area contributed by atoms with E-state index in [2.05, 4.69) is 20.4 Å². The topological polar surface area (TPSA) is 59.4 Å². The van der Waals surface area contributed by atoms with Crippen molar-refractivity contribution in [3.8, 4) is 6.01 Å². The molecule has 0 fully saturated rings. The summed E-state index contributed by atoms with van der Waals surface area (Å²) in [6.07, 6.45) is 2.58. The van der Waals surface area contributed by atoms with Crippen LogP contribution in [0.4, 0.5) is 10.2 Å². The van der Waals surface area contributed by atoms with Crippen LogP contribution < -0.4 is 10.2 Å². The highest BCUT2D eigenvalue weighted by molar-refractivity contribution is 5.78. The molecule has 0 saturated heterocycles. The van der Waals surface area contributed by atoms with Gasteiger partial charge < -0.3 is 10.2 Å². The lowest BCUT2D eigenvalue weighted by Crippen LogP contribution is -2.05. The van der Waals surface area contributed by atoms with E-state index in [0.29, 0.717) is 6.54 Å². The molecule has 0 saturated carbocycles. The molecule has 24 heavy (non-hydrogen) atoms. The molecule has 0 aliphatic rings. The minimum Gasteiger partial charge on any atom is -0.363 e. The molecular formula is C18H15FN4O. The van der Waals surface area contributed by atoms with Crippen molar-refractivity contribution in [2.75, 3.05) is 5.32 Å². The first-order valence-electron chi connectivity index (χ1n) is 7.37. The summed E-state index contributed by atoms with van der Waals surface area (Å²) in [6.45, 7) is 0.446. The molecule has 0 aliphatic heterocycles. The Labute approximate surface area is 138 Å². The summed E-state index contributed by atoms with van der Waals surface area (Å²) in [5.41, 5.74) is 1.89. The van der Waals surface area contributed by atoms with Crippen molar-refractivity contribution >= 4 is 12.0 Å². The normalized spacial score (nSPS) is 10.7. The fourth-order valence-corrected chi connectivity index (χ4v) is 1.97. The number of anilines is 1. The highest BCUT2D eigenvalue weighted by Gasteiger charge is 2.07. The maximum atomic E-state index is 13.8. The highest BCUT2D eigenvalue weighted by Crippen LogP contribution is 2.14. The van der Waals surface area contributed by atoms with Crippen molar-refractivity contribution in [2.45, 2.75) is 6.54 Å². The largest absolute Gasteiger partial charge is 0.363 e. The third kappa shape index (κ3) is 4.36. The number of aromatic nitrogens is 2. The second-order valence-electron chi connectivity index (χ2n) is 4.92. The molecule has 1 heterocycles. The molecule has 0 unspecified atom stereocenters. The van der Waals surface area contributed by atoms with E-state index in [1.165, 1.54) is 6.21 Å². The Hall–Kier alpha value is -3.28. The zero-order chi connectivity index (χ0) is 16.6. The number of benzene rings is 2. The molecule has 3 aromatic rings. The first kappa shape index (κ1) is 15.6. The SMILES string of the molecule is Fc1cnc(O/N=C/c2ccccc2)nc1NCc1ccccc1. The molecule has 0 aliphatic carbocycles. The van der Waals surface area contributed by atoms with E-state index in [4.69, 9.17) is 4.84 Å². The molecule has 2 aromatic carbocycles. The molecule has 0 spiro atoms. The first-order chi connectivity index (χ1) is 11.8. The third-order valence-corrected chi connectivity index (χ3v) is 3.16. The lowest BCUT2D eigenvalue weighted by atomic mass is 10.2.